The molecule has 0 unspecified atom stereocenters. The minimum absolute atomic E-state index is 0.0709. The van der Waals surface area contributed by atoms with Crippen molar-refractivity contribution < 1.29 is 27.6 Å². The Kier molecular flexibility index (Phi) is 8.04. The van der Waals surface area contributed by atoms with Crippen LogP contribution in [0.4, 0.5) is 0 Å². The highest BCUT2D eigenvalue weighted by Crippen LogP contribution is 2.24. The molecular weight excluding hydrogens is 324 g/mol. The Morgan fingerprint density at radius 2 is 1.67 bits per heavy atom. The first-order valence-corrected chi connectivity index (χ1v) is 15.5. The molecule has 0 spiro atoms. The zero-order valence-corrected chi connectivity index (χ0v) is 16.7. The van der Waals surface area contributed by atoms with Gasteiger partial charge in [0.15, 0.2) is 8.32 Å². The Morgan fingerprint density at radius 1 is 1.10 bits per heavy atom. The first-order valence-electron chi connectivity index (χ1n) is 6.75. The second-order valence-corrected chi connectivity index (χ2v) is 17.6. The van der Waals surface area contributed by atoms with Crippen LogP contribution in [0, 0.1) is 12.3 Å². The van der Waals surface area contributed by atoms with Gasteiger partial charge in [-0.1, -0.05) is 5.92 Å². The summed E-state index contributed by atoms with van der Waals surface area (Å²) >= 11 is 0. The van der Waals surface area contributed by atoms with E-state index in [9.17, 15) is 4.79 Å². The van der Waals surface area contributed by atoms with Gasteiger partial charge in [-0.25, -0.2) is 4.89 Å². The van der Waals surface area contributed by atoms with Gasteiger partial charge < -0.3 is 13.3 Å². The molecule has 21 heavy (non-hydrogen) atoms. The van der Waals surface area contributed by atoms with Crippen molar-refractivity contribution in [2.24, 2.45) is 0 Å². The lowest BCUT2D eigenvalue weighted by Crippen LogP contribution is -2.53. The van der Waals surface area contributed by atoms with Crippen LogP contribution in [0.1, 0.15) is 6.42 Å². The van der Waals surface area contributed by atoms with Crippen LogP contribution in [0.25, 0.3) is 0 Å². The van der Waals surface area contributed by atoms with Crippen LogP contribution in [-0.4, -0.2) is 43.1 Å². The van der Waals surface area contributed by atoms with Crippen LogP contribution in [0.2, 0.25) is 45.3 Å². The number of aliphatic carboxylic acids is 1. The largest absolute Gasteiger partial charge is 0.481 e. The average molecular weight is 351 g/mol. The van der Waals surface area contributed by atoms with E-state index in [1.165, 1.54) is 0 Å². The highest BCUT2D eigenvalue weighted by molar-refractivity contribution is 6.86. The highest BCUT2D eigenvalue weighted by Gasteiger charge is 2.41. The van der Waals surface area contributed by atoms with Crippen molar-refractivity contribution in [2.75, 3.05) is 6.61 Å². The minimum atomic E-state index is -2.50. The van der Waals surface area contributed by atoms with Crippen molar-refractivity contribution in [3.63, 3.8) is 0 Å². The van der Waals surface area contributed by atoms with E-state index in [4.69, 9.17) is 29.2 Å². The van der Waals surface area contributed by atoms with E-state index in [-0.39, 0.29) is 13.0 Å². The number of rotatable bonds is 10. The molecule has 0 rings (SSSR count). The Balaban J connectivity index is 4.52. The number of terminal acetylenes is 1. The summed E-state index contributed by atoms with van der Waals surface area (Å²) in [5.74, 6) is 1.51. The van der Waals surface area contributed by atoms with E-state index in [2.05, 4.69) is 5.92 Å². The van der Waals surface area contributed by atoms with E-state index in [0.717, 1.165) is 0 Å². The van der Waals surface area contributed by atoms with Crippen molar-refractivity contribution in [1.82, 2.24) is 0 Å². The monoisotopic (exact) mass is 350 g/mol. The summed E-state index contributed by atoms with van der Waals surface area (Å²) in [4.78, 5) is 15.6. The van der Waals surface area contributed by atoms with Crippen LogP contribution in [0.3, 0.4) is 0 Å². The number of carboxylic acids is 1. The van der Waals surface area contributed by atoms with Gasteiger partial charge >= 0.3 is 23.1 Å². The second kappa shape index (κ2) is 8.23. The summed E-state index contributed by atoms with van der Waals surface area (Å²) in [6.07, 6.45) is 5.20. The molecule has 6 nitrogen and oxygen atoms in total. The van der Waals surface area contributed by atoms with Gasteiger partial charge in [0.2, 0.25) is 0 Å². The predicted molar refractivity (Wildman–Crippen MR) is 87.5 cm³/mol. The molecule has 0 atom stereocenters. The van der Waals surface area contributed by atoms with Crippen molar-refractivity contribution in [3.8, 4) is 12.3 Å². The standard InChI is InChI=1S/C12H26O6Si3/c1-8-10-15-16-20(4,5)18-21(6,7)17-19(2,3)11-9-12(13)14/h1H,9-11H2,2-7H3,(H,13,14). The molecule has 0 aromatic heterocycles. The minimum Gasteiger partial charge on any atom is -0.481 e. The van der Waals surface area contributed by atoms with Crippen LogP contribution >= 0.6 is 0 Å². The van der Waals surface area contributed by atoms with E-state index in [1.54, 1.807) is 0 Å². The van der Waals surface area contributed by atoms with Crippen LogP contribution in [-0.2, 0) is 22.5 Å². The third-order valence-corrected chi connectivity index (χ3v) is 12.4. The summed E-state index contributed by atoms with van der Waals surface area (Å²) in [6.45, 7) is 11.6. The lowest BCUT2D eigenvalue weighted by atomic mass is 10.5. The lowest BCUT2D eigenvalue weighted by molar-refractivity contribution is -0.215. The van der Waals surface area contributed by atoms with E-state index < -0.39 is 31.4 Å². The number of hydrogen-bond donors (Lipinski definition) is 1. The van der Waals surface area contributed by atoms with E-state index in [0.29, 0.717) is 6.04 Å². The van der Waals surface area contributed by atoms with Gasteiger partial charge in [-0.05, 0) is 45.3 Å². The highest BCUT2D eigenvalue weighted by atomic mass is 28.5. The third-order valence-electron chi connectivity index (χ3n) is 2.36. The molecule has 9 heteroatoms. The Hall–Kier alpha value is -0.479. The molecule has 0 bridgehead atoms. The average Bonchev–Trinajstić information content (AvgIpc) is 2.23. The maximum absolute atomic E-state index is 10.7. The molecule has 0 amide bonds. The van der Waals surface area contributed by atoms with E-state index in [1.807, 2.05) is 39.3 Å². The second-order valence-electron chi connectivity index (χ2n) is 6.21. The summed E-state index contributed by atoms with van der Waals surface area (Å²) < 4.78 is 17.5. The molecule has 0 aliphatic heterocycles. The summed E-state index contributed by atoms with van der Waals surface area (Å²) in [5, 5.41) is 8.78. The smallest absolute Gasteiger partial charge is 0.360 e. The molecule has 0 saturated carbocycles. The fourth-order valence-electron chi connectivity index (χ4n) is 1.96. The molecule has 1 N–H and O–H groups in total. The first-order chi connectivity index (χ1) is 9.39. The molecule has 0 aliphatic carbocycles. The van der Waals surface area contributed by atoms with Gasteiger partial charge in [0.25, 0.3) is 0 Å². The molecule has 0 aromatic carbocycles. The lowest BCUT2D eigenvalue weighted by Gasteiger charge is -2.37. The molecule has 0 heterocycles. The Morgan fingerprint density at radius 3 is 2.14 bits per heavy atom. The fourth-order valence-corrected chi connectivity index (χ4v) is 14.3. The summed E-state index contributed by atoms with van der Waals surface area (Å²) in [6, 6.07) is 0.554. The summed E-state index contributed by atoms with van der Waals surface area (Å²) in [5.41, 5.74) is 0. The molecule has 0 fully saturated rings. The van der Waals surface area contributed by atoms with Crippen LogP contribution in [0.15, 0.2) is 0 Å². The third kappa shape index (κ3) is 10.8. The maximum atomic E-state index is 10.7. The quantitative estimate of drug-likeness (QED) is 0.215. The van der Waals surface area contributed by atoms with Crippen molar-refractivity contribution in [1.29, 1.82) is 0 Å². The molecule has 0 aromatic rings. The SMILES string of the molecule is C#CCOO[Si](C)(C)O[Si](C)(C)O[Si](C)(C)CCC(=O)O. The Bertz CT molecular complexity index is 389. The maximum Gasteiger partial charge on any atom is 0.360 e. The normalized spacial score (nSPS) is 13.0. The number of carboxylic acid groups (broad SMARTS) is 1. The van der Waals surface area contributed by atoms with Gasteiger partial charge in [0, 0.05) is 6.42 Å². The number of hydrogen-bond acceptors (Lipinski definition) is 5. The first kappa shape index (κ1) is 20.5. The topological polar surface area (TPSA) is 74.2 Å². The van der Waals surface area contributed by atoms with Crippen molar-refractivity contribution in [3.05, 3.63) is 0 Å². The predicted octanol–water partition coefficient (Wildman–Crippen LogP) is 2.68. The van der Waals surface area contributed by atoms with Gasteiger partial charge in [0.1, 0.15) is 6.61 Å². The molecule has 122 valence electrons. The van der Waals surface area contributed by atoms with Gasteiger partial charge in [-0.15, -0.1) is 6.42 Å². The van der Waals surface area contributed by atoms with Gasteiger partial charge in [0.05, 0.1) is 0 Å². The number of carbonyl (C=O) groups is 1. The molecule has 0 radical (unpaired) electrons. The summed E-state index contributed by atoms with van der Waals surface area (Å²) in [7, 11) is -7.02. The molecular formula is C12H26O6Si3. The zero-order chi connectivity index (χ0) is 16.7. The molecule has 0 aliphatic rings. The van der Waals surface area contributed by atoms with Crippen LogP contribution in [0.5, 0.6) is 0 Å². The van der Waals surface area contributed by atoms with Gasteiger partial charge in [-0.3, -0.25) is 9.37 Å². The Labute approximate surface area is 130 Å². The van der Waals surface area contributed by atoms with E-state index >= 15 is 0 Å². The van der Waals surface area contributed by atoms with Gasteiger partial charge in [-0.2, -0.15) is 0 Å². The van der Waals surface area contributed by atoms with Crippen molar-refractivity contribution in [2.45, 2.75) is 51.7 Å². The fraction of sp³-hybridized carbons (Fsp3) is 0.750. The van der Waals surface area contributed by atoms with Crippen molar-refractivity contribution >= 4 is 31.4 Å². The van der Waals surface area contributed by atoms with Crippen LogP contribution < -0.4 is 0 Å². The molecule has 0 saturated heterocycles. The zero-order valence-electron chi connectivity index (χ0n) is 13.7.